The van der Waals surface area contributed by atoms with Crippen LogP contribution in [0.25, 0.3) is 0 Å². The molecule has 0 saturated carbocycles. The second kappa shape index (κ2) is 14.3. The van der Waals surface area contributed by atoms with Gasteiger partial charge in [-0.2, -0.15) is 0 Å². The summed E-state index contributed by atoms with van der Waals surface area (Å²) in [4.78, 5) is 28.9. The van der Waals surface area contributed by atoms with E-state index in [1.54, 1.807) is 60.7 Å². The number of nitrogens with one attached hydrogen (secondary N) is 1. The average molecular weight is 669 g/mol. The van der Waals surface area contributed by atoms with Crippen LogP contribution in [0.4, 0.5) is 5.69 Å². The van der Waals surface area contributed by atoms with E-state index in [4.69, 9.17) is 23.2 Å². The maximum atomic E-state index is 14.1. The first-order valence-corrected chi connectivity index (χ1v) is 15.8. The van der Waals surface area contributed by atoms with Crippen molar-refractivity contribution >= 4 is 66.7 Å². The van der Waals surface area contributed by atoms with E-state index in [1.165, 1.54) is 17.0 Å². The highest BCUT2D eigenvalue weighted by Crippen LogP contribution is 2.28. The largest absolute Gasteiger partial charge is 0.352 e. The summed E-state index contributed by atoms with van der Waals surface area (Å²) in [6.07, 6.45) is 1.03. The Labute approximate surface area is 254 Å². The van der Waals surface area contributed by atoms with Crippen LogP contribution < -0.4 is 9.62 Å². The van der Waals surface area contributed by atoms with Gasteiger partial charge in [-0.05, 0) is 67.8 Å². The topological polar surface area (TPSA) is 86.8 Å². The van der Waals surface area contributed by atoms with Gasteiger partial charge in [-0.3, -0.25) is 13.9 Å². The minimum absolute atomic E-state index is 0.0276. The molecular formula is C29H32BrCl2N3O4S. The molecule has 0 bridgehead atoms. The van der Waals surface area contributed by atoms with Gasteiger partial charge in [-0.15, -0.1) is 0 Å². The van der Waals surface area contributed by atoms with Crippen molar-refractivity contribution in [2.75, 3.05) is 10.8 Å². The Hall–Kier alpha value is -2.59. The molecular weight excluding hydrogens is 637 g/mol. The van der Waals surface area contributed by atoms with E-state index < -0.39 is 28.5 Å². The minimum Gasteiger partial charge on any atom is -0.352 e. The summed E-state index contributed by atoms with van der Waals surface area (Å²) in [7, 11) is -4.13. The average Bonchev–Trinajstić information content (AvgIpc) is 2.93. The summed E-state index contributed by atoms with van der Waals surface area (Å²) < 4.78 is 29.4. The third kappa shape index (κ3) is 8.00. The molecule has 0 aliphatic heterocycles. The van der Waals surface area contributed by atoms with Crippen molar-refractivity contribution in [2.24, 2.45) is 0 Å². The molecule has 0 heterocycles. The number of carbonyl (C=O) groups is 2. The van der Waals surface area contributed by atoms with Gasteiger partial charge in [-0.25, -0.2) is 8.42 Å². The van der Waals surface area contributed by atoms with Gasteiger partial charge in [0.15, 0.2) is 0 Å². The Morgan fingerprint density at radius 2 is 1.62 bits per heavy atom. The van der Waals surface area contributed by atoms with Crippen molar-refractivity contribution in [3.05, 3.63) is 92.9 Å². The van der Waals surface area contributed by atoms with Crippen LogP contribution in [0.5, 0.6) is 0 Å². The van der Waals surface area contributed by atoms with Crippen LogP contribution in [-0.2, 0) is 26.2 Å². The molecule has 0 fully saturated rings. The second-order valence-corrected chi connectivity index (χ2v) is 12.9. The summed E-state index contributed by atoms with van der Waals surface area (Å²) in [5, 5.41) is 3.62. The van der Waals surface area contributed by atoms with E-state index in [1.807, 2.05) is 20.8 Å². The van der Waals surface area contributed by atoms with Crippen LogP contribution in [0.3, 0.4) is 0 Å². The molecule has 0 unspecified atom stereocenters. The third-order valence-electron chi connectivity index (χ3n) is 6.43. The molecule has 3 aromatic rings. The zero-order valence-corrected chi connectivity index (χ0v) is 26.4. The highest BCUT2D eigenvalue weighted by Gasteiger charge is 2.34. The van der Waals surface area contributed by atoms with Crippen LogP contribution >= 0.6 is 39.1 Å². The summed E-state index contributed by atoms with van der Waals surface area (Å²) in [6.45, 7) is 5.15. The number of nitrogens with zero attached hydrogens (tertiary/aromatic N) is 2. The lowest BCUT2D eigenvalue weighted by Gasteiger charge is -2.33. The number of carbonyl (C=O) groups excluding carboxylic acids is 2. The van der Waals surface area contributed by atoms with E-state index in [0.29, 0.717) is 32.2 Å². The van der Waals surface area contributed by atoms with E-state index in [2.05, 4.69) is 21.2 Å². The molecule has 0 spiro atoms. The molecule has 0 aliphatic rings. The first-order chi connectivity index (χ1) is 19.0. The summed E-state index contributed by atoms with van der Waals surface area (Å²) in [6, 6.07) is 18.7. The Morgan fingerprint density at radius 3 is 2.23 bits per heavy atom. The van der Waals surface area contributed by atoms with Crippen LogP contribution in [0.15, 0.2) is 82.2 Å². The maximum Gasteiger partial charge on any atom is 0.264 e. The normalized spacial score (nSPS) is 12.8. The zero-order chi connectivity index (χ0) is 29.4. The first-order valence-electron chi connectivity index (χ1n) is 12.8. The van der Waals surface area contributed by atoms with Crippen molar-refractivity contribution in [1.82, 2.24) is 10.2 Å². The standard InChI is InChI=1S/C29H32BrCl2N3O4S/c1-4-20(3)33-29(37)27(5-2)34(18-21-14-15-25(31)26(32)16-21)28(36)19-35(23-11-9-10-22(30)17-23)40(38,39)24-12-7-6-8-13-24/h6-17,20,27H,4-5,18-19H2,1-3H3,(H,33,37)/t20-,27-/m1/s1. The highest BCUT2D eigenvalue weighted by atomic mass is 79.9. The molecule has 1 N–H and O–H groups in total. The molecule has 2 atom stereocenters. The van der Waals surface area contributed by atoms with Gasteiger partial charge in [-0.1, -0.05) is 83.3 Å². The first kappa shape index (κ1) is 31.9. The number of benzene rings is 3. The number of hydrogen-bond donors (Lipinski definition) is 1. The molecule has 2 amide bonds. The lowest BCUT2D eigenvalue weighted by atomic mass is 10.1. The molecule has 11 heteroatoms. The molecule has 3 aromatic carbocycles. The van der Waals surface area contributed by atoms with Gasteiger partial charge >= 0.3 is 0 Å². The van der Waals surface area contributed by atoms with Crippen molar-refractivity contribution < 1.29 is 18.0 Å². The van der Waals surface area contributed by atoms with E-state index >= 15 is 0 Å². The number of amides is 2. The predicted molar refractivity (Wildman–Crippen MR) is 164 cm³/mol. The number of halogens is 3. The fourth-order valence-electron chi connectivity index (χ4n) is 4.07. The Kier molecular flexibility index (Phi) is 11.5. The number of hydrogen-bond acceptors (Lipinski definition) is 4. The van der Waals surface area contributed by atoms with Crippen LogP contribution in [0.2, 0.25) is 10.0 Å². The molecule has 0 aromatic heterocycles. The number of sulfonamides is 1. The van der Waals surface area contributed by atoms with E-state index in [0.717, 1.165) is 10.7 Å². The van der Waals surface area contributed by atoms with E-state index in [-0.39, 0.29) is 23.4 Å². The molecule has 3 rings (SSSR count). The van der Waals surface area contributed by atoms with Crippen LogP contribution in [-0.4, -0.2) is 43.8 Å². The van der Waals surface area contributed by atoms with Crippen LogP contribution in [0, 0.1) is 0 Å². The summed E-state index contributed by atoms with van der Waals surface area (Å²) >= 11 is 15.7. The van der Waals surface area contributed by atoms with Gasteiger partial charge in [0, 0.05) is 17.1 Å². The molecule has 214 valence electrons. The molecule has 7 nitrogen and oxygen atoms in total. The smallest absolute Gasteiger partial charge is 0.264 e. The van der Waals surface area contributed by atoms with Crippen LogP contribution in [0.1, 0.15) is 39.2 Å². The third-order valence-corrected chi connectivity index (χ3v) is 9.45. The van der Waals surface area contributed by atoms with Gasteiger partial charge in [0.05, 0.1) is 20.6 Å². The maximum absolute atomic E-state index is 14.1. The van der Waals surface area contributed by atoms with Crippen molar-refractivity contribution in [1.29, 1.82) is 0 Å². The fraction of sp³-hybridized carbons (Fsp3) is 0.310. The molecule has 40 heavy (non-hydrogen) atoms. The predicted octanol–water partition coefficient (Wildman–Crippen LogP) is 6.67. The number of anilines is 1. The van der Waals surface area contributed by atoms with Gasteiger partial charge in [0.1, 0.15) is 12.6 Å². The zero-order valence-electron chi connectivity index (χ0n) is 22.5. The summed E-state index contributed by atoms with van der Waals surface area (Å²) in [5.74, 6) is -0.859. The Bertz CT molecular complexity index is 1440. The number of rotatable bonds is 12. The van der Waals surface area contributed by atoms with Crippen molar-refractivity contribution in [2.45, 2.75) is 57.1 Å². The second-order valence-electron chi connectivity index (χ2n) is 9.32. The SMILES string of the molecule is CC[C@@H](C)NC(=O)[C@@H](CC)N(Cc1ccc(Cl)c(Cl)c1)C(=O)CN(c1cccc(Br)c1)S(=O)(=O)c1ccccc1. The Morgan fingerprint density at radius 1 is 0.925 bits per heavy atom. The van der Waals surface area contributed by atoms with Gasteiger partial charge < -0.3 is 10.2 Å². The Balaban J connectivity index is 2.07. The van der Waals surface area contributed by atoms with E-state index in [9.17, 15) is 18.0 Å². The van der Waals surface area contributed by atoms with Crippen molar-refractivity contribution in [3.8, 4) is 0 Å². The minimum atomic E-state index is -4.13. The lowest BCUT2D eigenvalue weighted by molar-refractivity contribution is -0.140. The van der Waals surface area contributed by atoms with Gasteiger partial charge in [0.2, 0.25) is 11.8 Å². The monoisotopic (exact) mass is 667 g/mol. The fourth-order valence-corrected chi connectivity index (χ4v) is 6.21. The molecule has 0 aliphatic carbocycles. The lowest BCUT2D eigenvalue weighted by Crippen LogP contribution is -2.53. The molecule has 0 radical (unpaired) electrons. The summed E-state index contributed by atoms with van der Waals surface area (Å²) in [5.41, 5.74) is 0.954. The van der Waals surface area contributed by atoms with Gasteiger partial charge in [0.25, 0.3) is 10.0 Å². The quantitative estimate of drug-likeness (QED) is 0.234. The molecule has 0 saturated heterocycles. The van der Waals surface area contributed by atoms with Crippen molar-refractivity contribution in [3.63, 3.8) is 0 Å². The highest BCUT2D eigenvalue weighted by molar-refractivity contribution is 9.10.